The fraction of sp³-hybridized carbons (Fsp3) is 0.154. The summed E-state index contributed by atoms with van der Waals surface area (Å²) in [5.74, 6) is 0. The summed E-state index contributed by atoms with van der Waals surface area (Å²) in [4.78, 5) is 4.52. The van der Waals surface area contributed by atoms with E-state index in [1.807, 2.05) is 30.3 Å². The summed E-state index contributed by atoms with van der Waals surface area (Å²) in [6, 6.07) is 12.2. The van der Waals surface area contributed by atoms with Crippen LogP contribution in [0.4, 0.5) is 0 Å². The normalized spacial score (nSPS) is 11.3. The van der Waals surface area contributed by atoms with Gasteiger partial charge in [0.15, 0.2) is 0 Å². The Morgan fingerprint density at radius 2 is 2.00 bits per heavy atom. The van der Waals surface area contributed by atoms with Crippen LogP contribution >= 0.6 is 0 Å². The lowest BCUT2D eigenvalue weighted by Gasteiger charge is -1.97. The Kier molecular flexibility index (Phi) is 3.10. The van der Waals surface area contributed by atoms with Gasteiger partial charge in [-0.2, -0.15) is 0 Å². The highest BCUT2D eigenvalue weighted by atomic mass is 14.7. The van der Waals surface area contributed by atoms with E-state index < -0.39 is 0 Å². The molecule has 0 unspecified atom stereocenters. The summed E-state index contributed by atoms with van der Waals surface area (Å²) in [6.45, 7) is 0.685. The second kappa shape index (κ2) is 4.71. The molecule has 2 N–H and O–H groups in total. The predicted octanol–water partition coefficient (Wildman–Crippen LogP) is 2.60. The molecule has 1 aromatic carbocycles. The van der Waals surface area contributed by atoms with Crippen molar-refractivity contribution in [2.24, 2.45) is 5.73 Å². The Morgan fingerprint density at radius 1 is 1.13 bits per heavy atom. The molecule has 76 valence electrons. The molecule has 0 fully saturated rings. The fourth-order valence-electron chi connectivity index (χ4n) is 1.47. The Balaban J connectivity index is 2.30. The first-order chi connectivity index (χ1) is 7.40. The quantitative estimate of drug-likeness (QED) is 0.823. The molecule has 0 bridgehead atoms. The zero-order valence-electron chi connectivity index (χ0n) is 8.56. The molecule has 0 radical (unpaired) electrons. The molecule has 2 rings (SSSR count). The molecule has 1 heterocycles. The van der Waals surface area contributed by atoms with Crippen LogP contribution in [0.5, 0.6) is 0 Å². The number of para-hydroxylation sites is 1. The zero-order chi connectivity index (χ0) is 10.5. The van der Waals surface area contributed by atoms with Gasteiger partial charge in [0.05, 0.1) is 11.2 Å². The van der Waals surface area contributed by atoms with Crippen LogP contribution in [-0.4, -0.2) is 11.5 Å². The van der Waals surface area contributed by atoms with Crippen LogP contribution in [0.1, 0.15) is 12.1 Å². The molecule has 0 spiro atoms. The SMILES string of the molecule is NCCC=Cc1ccc2ccccc2n1. The van der Waals surface area contributed by atoms with Crippen LogP contribution in [0.3, 0.4) is 0 Å². The maximum Gasteiger partial charge on any atom is 0.0709 e. The van der Waals surface area contributed by atoms with Crippen LogP contribution in [0.25, 0.3) is 17.0 Å². The highest BCUT2D eigenvalue weighted by molar-refractivity contribution is 5.79. The van der Waals surface area contributed by atoms with Gasteiger partial charge in [-0.25, -0.2) is 4.98 Å². The van der Waals surface area contributed by atoms with Gasteiger partial charge in [-0.15, -0.1) is 0 Å². The third kappa shape index (κ3) is 2.42. The molecule has 0 aliphatic rings. The number of nitrogens with zero attached hydrogens (tertiary/aromatic N) is 1. The van der Waals surface area contributed by atoms with E-state index >= 15 is 0 Å². The van der Waals surface area contributed by atoms with Crippen molar-refractivity contribution in [2.75, 3.05) is 6.54 Å². The summed E-state index contributed by atoms with van der Waals surface area (Å²) in [5, 5.41) is 1.17. The number of hydrogen-bond acceptors (Lipinski definition) is 2. The van der Waals surface area contributed by atoms with E-state index in [9.17, 15) is 0 Å². The Morgan fingerprint density at radius 3 is 2.87 bits per heavy atom. The average molecular weight is 198 g/mol. The third-order valence-corrected chi connectivity index (χ3v) is 2.24. The third-order valence-electron chi connectivity index (χ3n) is 2.24. The van der Waals surface area contributed by atoms with E-state index in [2.05, 4.69) is 23.2 Å². The van der Waals surface area contributed by atoms with Crippen molar-refractivity contribution in [3.8, 4) is 0 Å². The van der Waals surface area contributed by atoms with E-state index in [1.54, 1.807) is 0 Å². The number of benzene rings is 1. The molecule has 2 heteroatoms. The van der Waals surface area contributed by atoms with Gasteiger partial charge in [-0.05, 0) is 31.2 Å². The molecule has 0 atom stereocenters. The lowest BCUT2D eigenvalue weighted by Crippen LogP contribution is -1.95. The van der Waals surface area contributed by atoms with Gasteiger partial charge in [0.25, 0.3) is 0 Å². The summed E-state index contributed by atoms with van der Waals surface area (Å²) in [6.07, 6.45) is 4.96. The molecule has 1 aromatic heterocycles. The van der Waals surface area contributed by atoms with Crippen molar-refractivity contribution in [1.82, 2.24) is 4.98 Å². The molecule has 0 saturated carbocycles. The number of pyridine rings is 1. The minimum absolute atomic E-state index is 0.685. The Labute approximate surface area is 89.4 Å². The fourth-order valence-corrected chi connectivity index (χ4v) is 1.47. The predicted molar refractivity (Wildman–Crippen MR) is 64.4 cm³/mol. The lowest BCUT2D eigenvalue weighted by atomic mass is 10.2. The molecule has 15 heavy (non-hydrogen) atoms. The maximum absolute atomic E-state index is 5.41. The smallest absolute Gasteiger partial charge is 0.0709 e. The largest absolute Gasteiger partial charge is 0.330 e. The van der Waals surface area contributed by atoms with Crippen LogP contribution in [0, 0.1) is 0 Å². The summed E-state index contributed by atoms with van der Waals surface area (Å²) in [7, 11) is 0. The topological polar surface area (TPSA) is 38.9 Å². The van der Waals surface area contributed by atoms with Crippen molar-refractivity contribution in [3.63, 3.8) is 0 Å². The first kappa shape index (κ1) is 9.87. The van der Waals surface area contributed by atoms with Crippen LogP contribution in [0.2, 0.25) is 0 Å². The second-order valence-electron chi connectivity index (χ2n) is 3.41. The highest BCUT2D eigenvalue weighted by Crippen LogP contribution is 2.12. The molecule has 0 aliphatic carbocycles. The van der Waals surface area contributed by atoms with Crippen LogP contribution < -0.4 is 5.73 Å². The number of aromatic nitrogens is 1. The van der Waals surface area contributed by atoms with Crippen molar-refractivity contribution in [2.45, 2.75) is 6.42 Å². The summed E-state index contributed by atoms with van der Waals surface area (Å²) < 4.78 is 0. The summed E-state index contributed by atoms with van der Waals surface area (Å²) >= 11 is 0. The second-order valence-corrected chi connectivity index (χ2v) is 3.41. The molecule has 0 amide bonds. The number of rotatable bonds is 3. The van der Waals surface area contributed by atoms with E-state index in [0.29, 0.717) is 6.54 Å². The van der Waals surface area contributed by atoms with Gasteiger partial charge >= 0.3 is 0 Å². The van der Waals surface area contributed by atoms with Gasteiger partial charge in [-0.1, -0.05) is 30.3 Å². The molecule has 0 aliphatic heterocycles. The summed E-state index contributed by atoms with van der Waals surface area (Å²) in [5.41, 5.74) is 7.43. The van der Waals surface area contributed by atoms with Gasteiger partial charge in [0.2, 0.25) is 0 Å². The van der Waals surface area contributed by atoms with E-state index in [0.717, 1.165) is 17.6 Å². The van der Waals surface area contributed by atoms with Gasteiger partial charge in [-0.3, -0.25) is 0 Å². The maximum atomic E-state index is 5.41. The molecular formula is C13H14N2. The zero-order valence-corrected chi connectivity index (χ0v) is 8.56. The average Bonchev–Trinajstić information content (AvgIpc) is 2.29. The molecule has 2 aromatic rings. The van der Waals surface area contributed by atoms with Crippen molar-refractivity contribution in [3.05, 3.63) is 48.2 Å². The Hall–Kier alpha value is -1.67. The Bertz CT molecular complexity index is 475. The van der Waals surface area contributed by atoms with Crippen molar-refractivity contribution >= 4 is 17.0 Å². The molecular weight excluding hydrogens is 184 g/mol. The standard InChI is InChI=1S/C13H14N2/c14-10-4-3-6-12-9-8-11-5-1-2-7-13(11)15-12/h1-3,5-9H,4,10,14H2. The molecule has 2 nitrogen and oxygen atoms in total. The van der Waals surface area contributed by atoms with E-state index in [-0.39, 0.29) is 0 Å². The number of hydrogen-bond donors (Lipinski definition) is 1. The molecule has 0 saturated heterocycles. The first-order valence-corrected chi connectivity index (χ1v) is 5.12. The number of nitrogens with two attached hydrogens (primary N) is 1. The van der Waals surface area contributed by atoms with Crippen molar-refractivity contribution in [1.29, 1.82) is 0 Å². The lowest BCUT2D eigenvalue weighted by molar-refractivity contribution is 1.01. The minimum Gasteiger partial charge on any atom is -0.330 e. The van der Waals surface area contributed by atoms with Gasteiger partial charge in [0, 0.05) is 5.39 Å². The van der Waals surface area contributed by atoms with Gasteiger partial charge in [0.1, 0.15) is 0 Å². The number of fused-ring (bicyclic) bond motifs is 1. The van der Waals surface area contributed by atoms with E-state index in [4.69, 9.17) is 5.73 Å². The highest BCUT2D eigenvalue weighted by Gasteiger charge is 1.93. The minimum atomic E-state index is 0.685. The van der Waals surface area contributed by atoms with Crippen LogP contribution in [-0.2, 0) is 0 Å². The van der Waals surface area contributed by atoms with Crippen molar-refractivity contribution < 1.29 is 0 Å². The first-order valence-electron chi connectivity index (χ1n) is 5.12. The van der Waals surface area contributed by atoms with E-state index in [1.165, 1.54) is 5.39 Å². The monoisotopic (exact) mass is 198 g/mol. The van der Waals surface area contributed by atoms with Crippen LogP contribution in [0.15, 0.2) is 42.5 Å². The van der Waals surface area contributed by atoms with Gasteiger partial charge < -0.3 is 5.73 Å².